The Labute approximate surface area is 126 Å². The van der Waals surface area contributed by atoms with Gasteiger partial charge in [-0.3, -0.25) is 4.90 Å². The molecule has 1 aliphatic carbocycles. The van der Waals surface area contributed by atoms with Gasteiger partial charge in [-0.1, -0.05) is 46.5 Å². The largest absolute Gasteiger partial charge is 0.315 e. The van der Waals surface area contributed by atoms with Crippen LogP contribution in [-0.4, -0.2) is 36.6 Å². The maximum Gasteiger partial charge on any atom is 0.0223 e. The SMILES string of the molecule is CCC1CCCCC1N1CCCCC1CNCC(C)C. The summed E-state index contributed by atoms with van der Waals surface area (Å²) in [6.07, 6.45) is 11.5. The Bertz CT molecular complexity index is 264. The van der Waals surface area contributed by atoms with E-state index in [9.17, 15) is 0 Å². The van der Waals surface area contributed by atoms with Gasteiger partial charge >= 0.3 is 0 Å². The van der Waals surface area contributed by atoms with Crippen molar-refractivity contribution in [1.82, 2.24) is 10.2 Å². The number of nitrogens with zero attached hydrogens (tertiary/aromatic N) is 1. The first-order chi connectivity index (χ1) is 9.72. The summed E-state index contributed by atoms with van der Waals surface area (Å²) in [5.41, 5.74) is 0. The molecule has 3 unspecified atom stereocenters. The van der Waals surface area contributed by atoms with Crippen LogP contribution in [0, 0.1) is 11.8 Å². The highest BCUT2D eigenvalue weighted by Crippen LogP contribution is 2.34. The molecule has 3 atom stereocenters. The van der Waals surface area contributed by atoms with Crippen molar-refractivity contribution in [2.75, 3.05) is 19.6 Å². The highest BCUT2D eigenvalue weighted by molar-refractivity contribution is 4.89. The van der Waals surface area contributed by atoms with Gasteiger partial charge in [-0.25, -0.2) is 0 Å². The van der Waals surface area contributed by atoms with E-state index < -0.39 is 0 Å². The van der Waals surface area contributed by atoms with Crippen molar-refractivity contribution in [3.05, 3.63) is 0 Å². The maximum absolute atomic E-state index is 3.71. The van der Waals surface area contributed by atoms with Crippen molar-refractivity contribution in [3.8, 4) is 0 Å². The van der Waals surface area contributed by atoms with Gasteiger partial charge in [0.2, 0.25) is 0 Å². The lowest BCUT2D eigenvalue weighted by molar-refractivity contribution is 0.0369. The van der Waals surface area contributed by atoms with Gasteiger partial charge in [-0.05, 0) is 50.6 Å². The molecule has 1 N–H and O–H groups in total. The second-order valence-electron chi connectivity index (χ2n) is 7.46. The molecule has 20 heavy (non-hydrogen) atoms. The van der Waals surface area contributed by atoms with Crippen molar-refractivity contribution in [2.24, 2.45) is 11.8 Å². The average Bonchev–Trinajstić information content (AvgIpc) is 2.47. The number of hydrogen-bond acceptors (Lipinski definition) is 2. The smallest absolute Gasteiger partial charge is 0.0223 e. The van der Waals surface area contributed by atoms with E-state index in [4.69, 9.17) is 0 Å². The minimum Gasteiger partial charge on any atom is -0.315 e. The van der Waals surface area contributed by atoms with Gasteiger partial charge in [0.15, 0.2) is 0 Å². The van der Waals surface area contributed by atoms with Crippen LogP contribution in [-0.2, 0) is 0 Å². The molecule has 1 aliphatic heterocycles. The quantitative estimate of drug-likeness (QED) is 0.789. The molecular formula is C18H36N2. The van der Waals surface area contributed by atoms with E-state index in [0.717, 1.165) is 23.9 Å². The summed E-state index contributed by atoms with van der Waals surface area (Å²) in [7, 11) is 0. The Balaban J connectivity index is 1.91. The second kappa shape index (κ2) is 8.38. The third-order valence-electron chi connectivity index (χ3n) is 5.42. The standard InChI is InChI=1S/C18H36N2/c1-4-16-9-5-6-11-18(16)20-12-8-7-10-17(20)14-19-13-15(2)3/h15-19H,4-14H2,1-3H3. The summed E-state index contributed by atoms with van der Waals surface area (Å²) in [5, 5.41) is 3.71. The number of rotatable bonds is 6. The summed E-state index contributed by atoms with van der Waals surface area (Å²) < 4.78 is 0. The third-order valence-corrected chi connectivity index (χ3v) is 5.42. The minimum atomic E-state index is 0.769. The molecule has 0 aromatic carbocycles. The van der Waals surface area contributed by atoms with E-state index in [1.54, 1.807) is 0 Å². The van der Waals surface area contributed by atoms with Crippen LogP contribution in [0.15, 0.2) is 0 Å². The van der Waals surface area contributed by atoms with Gasteiger partial charge in [0.1, 0.15) is 0 Å². The third kappa shape index (κ3) is 4.46. The van der Waals surface area contributed by atoms with Crippen LogP contribution >= 0.6 is 0 Å². The van der Waals surface area contributed by atoms with Crippen LogP contribution in [0.2, 0.25) is 0 Å². The number of nitrogens with one attached hydrogen (secondary N) is 1. The monoisotopic (exact) mass is 280 g/mol. The molecule has 0 bridgehead atoms. The maximum atomic E-state index is 3.71. The van der Waals surface area contributed by atoms with Crippen molar-refractivity contribution >= 4 is 0 Å². The Kier molecular flexibility index (Phi) is 6.83. The zero-order valence-electron chi connectivity index (χ0n) is 14.0. The number of likely N-dealkylation sites (tertiary alicyclic amines) is 1. The van der Waals surface area contributed by atoms with Crippen LogP contribution in [0.5, 0.6) is 0 Å². The molecule has 2 nitrogen and oxygen atoms in total. The van der Waals surface area contributed by atoms with Crippen LogP contribution < -0.4 is 5.32 Å². The van der Waals surface area contributed by atoms with Gasteiger partial charge in [-0.15, -0.1) is 0 Å². The van der Waals surface area contributed by atoms with Gasteiger partial charge in [-0.2, -0.15) is 0 Å². The molecule has 0 spiro atoms. The fourth-order valence-corrected chi connectivity index (χ4v) is 4.32. The van der Waals surface area contributed by atoms with Gasteiger partial charge in [0, 0.05) is 18.6 Å². The summed E-state index contributed by atoms with van der Waals surface area (Å²) in [6.45, 7) is 10.8. The molecule has 0 aromatic rings. The topological polar surface area (TPSA) is 15.3 Å². The second-order valence-corrected chi connectivity index (χ2v) is 7.46. The van der Waals surface area contributed by atoms with Crippen LogP contribution in [0.4, 0.5) is 0 Å². The lowest BCUT2D eigenvalue weighted by Crippen LogP contribution is -2.53. The zero-order chi connectivity index (χ0) is 14.4. The number of piperidine rings is 1. The summed E-state index contributed by atoms with van der Waals surface area (Å²) in [6, 6.07) is 1.69. The predicted molar refractivity (Wildman–Crippen MR) is 88.1 cm³/mol. The van der Waals surface area contributed by atoms with E-state index in [2.05, 4.69) is 31.0 Å². The van der Waals surface area contributed by atoms with Gasteiger partial charge in [0.25, 0.3) is 0 Å². The van der Waals surface area contributed by atoms with E-state index in [1.165, 1.54) is 71.0 Å². The van der Waals surface area contributed by atoms with E-state index in [1.807, 2.05) is 0 Å². The Morgan fingerprint density at radius 3 is 2.55 bits per heavy atom. The molecule has 0 aromatic heterocycles. The van der Waals surface area contributed by atoms with Crippen molar-refractivity contribution < 1.29 is 0 Å². The molecule has 2 rings (SSSR count). The Morgan fingerprint density at radius 2 is 1.80 bits per heavy atom. The van der Waals surface area contributed by atoms with Crippen LogP contribution in [0.3, 0.4) is 0 Å². The fraction of sp³-hybridized carbons (Fsp3) is 1.00. The highest BCUT2D eigenvalue weighted by atomic mass is 15.2. The molecule has 1 saturated carbocycles. The Hall–Kier alpha value is -0.0800. The fourth-order valence-electron chi connectivity index (χ4n) is 4.32. The van der Waals surface area contributed by atoms with Crippen molar-refractivity contribution in [3.63, 3.8) is 0 Å². The summed E-state index contributed by atoms with van der Waals surface area (Å²) >= 11 is 0. The molecule has 1 saturated heterocycles. The summed E-state index contributed by atoms with van der Waals surface area (Å²) in [5.74, 6) is 1.74. The average molecular weight is 280 g/mol. The molecule has 2 fully saturated rings. The molecule has 0 amide bonds. The highest BCUT2D eigenvalue weighted by Gasteiger charge is 2.34. The van der Waals surface area contributed by atoms with Crippen LogP contribution in [0.25, 0.3) is 0 Å². The predicted octanol–water partition coefficient (Wildman–Crippen LogP) is 4.06. The van der Waals surface area contributed by atoms with Crippen LogP contribution in [0.1, 0.15) is 72.1 Å². The lowest BCUT2D eigenvalue weighted by Gasteiger charge is -2.46. The van der Waals surface area contributed by atoms with Gasteiger partial charge < -0.3 is 5.32 Å². The zero-order valence-corrected chi connectivity index (χ0v) is 14.0. The molecule has 2 aliphatic rings. The molecule has 1 heterocycles. The molecule has 118 valence electrons. The number of hydrogen-bond donors (Lipinski definition) is 1. The van der Waals surface area contributed by atoms with E-state index in [0.29, 0.717) is 0 Å². The van der Waals surface area contributed by atoms with Crippen molar-refractivity contribution in [2.45, 2.75) is 84.2 Å². The van der Waals surface area contributed by atoms with Crippen molar-refractivity contribution in [1.29, 1.82) is 0 Å². The normalized spacial score (nSPS) is 32.7. The van der Waals surface area contributed by atoms with E-state index in [-0.39, 0.29) is 0 Å². The lowest BCUT2D eigenvalue weighted by atomic mass is 9.80. The van der Waals surface area contributed by atoms with E-state index >= 15 is 0 Å². The first-order valence-electron chi connectivity index (χ1n) is 9.18. The first-order valence-corrected chi connectivity index (χ1v) is 9.18. The first kappa shape index (κ1) is 16.3. The molecule has 2 heteroatoms. The molecular weight excluding hydrogens is 244 g/mol. The Morgan fingerprint density at radius 1 is 1.05 bits per heavy atom. The summed E-state index contributed by atoms with van der Waals surface area (Å²) in [4.78, 5) is 2.91. The molecule has 0 radical (unpaired) electrons. The van der Waals surface area contributed by atoms with Gasteiger partial charge in [0.05, 0.1) is 0 Å². The minimum absolute atomic E-state index is 0.769.